The summed E-state index contributed by atoms with van der Waals surface area (Å²) in [6.45, 7) is 1.50. The van der Waals surface area contributed by atoms with Crippen LogP contribution in [0.3, 0.4) is 0 Å². The first-order valence-corrected chi connectivity index (χ1v) is 5.22. The van der Waals surface area contributed by atoms with Crippen LogP contribution in [0, 0.1) is 17.1 Å². The Morgan fingerprint density at radius 3 is 2.94 bits per heavy atom. The Kier molecular flexibility index (Phi) is 3.07. The average molecular weight is 220 g/mol. The molecule has 1 aromatic rings. The molecule has 1 saturated heterocycles. The Hall–Kier alpha value is -1.60. The molecule has 4 heteroatoms. The summed E-state index contributed by atoms with van der Waals surface area (Å²) in [7, 11) is 1.67. The van der Waals surface area contributed by atoms with Crippen molar-refractivity contribution in [1.82, 2.24) is 0 Å². The molecule has 1 aromatic carbocycles. The van der Waals surface area contributed by atoms with Gasteiger partial charge in [-0.15, -0.1) is 0 Å². The Bertz CT molecular complexity index is 428. The molecule has 3 nitrogen and oxygen atoms in total. The molecule has 0 amide bonds. The fourth-order valence-electron chi connectivity index (χ4n) is 1.97. The number of ether oxygens (including phenoxy) is 1. The molecule has 2 rings (SSSR count). The van der Waals surface area contributed by atoms with Gasteiger partial charge >= 0.3 is 0 Å². The highest BCUT2D eigenvalue weighted by Crippen LogP contribution is 2.25. The maximum atomic E-state index is 13.7. The first-order chi connectivity index (χ1) is 7.74. The van der Waals surface area contributed by atoms with E-state index in [0.29, 0.717) is 17.8 Å². The Balaban J connectivity index is 2.19. The van der Waals surface area contributed by atoms with Crippen LogP contribution in [0.5, 0.6) is 0 Å². The van der Waals surface area contributed by atoms with Crippen LogP contribution in [0.25, 0.3) is 0 Å². The molecular weight excluding hydrogens is 207 g/mol. The lowest BCUT2D eigenvalue weighted by atomic mass is 10.2. The summed E-state index contributed by atoms with van der Waals surface area (Å²) in [5, 5.41) is 8.65. The standard InChI is InChI=1S/C12H13FN2O/c1-16-10-4-5-15(8-10)12-3-2-9(7-14)6-11(12)13/h2-3,6,10H,4-5,8H2,1H3. The first-order valence-electron chi connectivity index (χ1n) is 5.22. The minimum Gasteiger partial charge on any atom is -0.380 e. The van der Waals surface area contributed by atoms with Crippen LogP contribution < -0.4 is 4.90 Å². The number of anilines is 1. The van der Waals surface area contributed by atoms with Crippen molar-refractivity contribution in [1.29, 1.82) is 5.26 Å². The van der Waals surface area contributed by atoms with Gasteiger partial charge in [-0.3, -0.25) is 0 Å². The van der Waals surface area contributed by atoms with E-state index >= 15 is 0 Å². The Labute approximate surface area is 94.0 Å². The molecule has 0 aliphatic carbocycles. The molecule has 1 fully saturated rings. The molecule has 0 spiro atoms. The van der Waals surface area contributed by atoms with Crippen molar-refractivity contribution < 1.29 is 9.13 Å². The molecule has 0 bridgehead atoms. The van der Waals surface area contributed by atoms with E-state index in [0.717, 1.165) is 13.0 Å². The number of hydrogen-bond donors (Lipinski definition) is 0. The highest BCUT2D eigenvalue weighted by molar-refractivity contribution is 5.52. The van der Waals surface area contributed by atoms with Crippen molar-refractivity contribution >= 4 is 5.69 Å². The van der Waals surface area contributed by atoms with Gasteiger partial charge < -0.3 is 9.64 Å². The number of rotatable bonds is 2. The monoisotopic (exact) mass is 220 g/mol. The Morgan fingerprint density at radius 2 is 2.38 bits per heavy atom. The lowest BCUT2D eigenvalue weighted by Gasteiger charge is -2.18. The van der Waals surface area contributed by atoms with Crippen molar-refractivity contribution in [2.75, 3.05) is 25.1 Å². The van der Waals surface area contributed by atoms with E-state index in [4.69, 9.17) is 10.00 Å². The van der Waals surface area contributed by atoms with E-state index < -0.39 is 0 Å². The van der Waals surface area contributed by atoms with Gasteiger partial charge in [0, 0.05) is 20.2 Å². The number of hydrogen-bond acceptors (Lipinski definition) is 3. The predicted molar refractivity (Wildman–Crippen MR) is 58.7 cm³/mol. The van der Waals surface area contributed by atoms with E-state index in [1.807, 2.05) is 11.0 Å². The number of benzene rings is 1. The SMILES string of the molecule is COC1CCN(c2ccc(C#N)cc2F)C1. The van der Waals surface area contributed by atoms with Crippen LogP contribution in [-0.2, 0) is 4.74 Å². The second-order valence-electron chi connectivity index (χ2n) is 3.87. The highest BCUT2D eigenvalue weighted by atomic mass is 19.1. The van der Waals surface area contributed by atoms with Gasteiger partial charge in [0.05, 0.1) is 23.4 Å². The molecule has 0 N–H and O–H groups in total. The summed E-state index contributed by atoms with van der Waals surface area (Å²) in [4.78, 5) is 1.95. The number of methoxy groups -OCH3 is 1. The zero-order valence-electron chi connectivity index (χ0n) is 9.11. The normalized spacial score (nSPS) is 19.8. The molecule has 0 radical (unpaired) electrons. The molecule has 1 heterocycles. The molecule has 0 saturated carbocycles. The molecule has 16 heavy (non-hydrogen) atoms. The minimum absolute atomic E-state index is 0.176. The van der Waals surface area contributed by atoms with Crippen LogP contribution in [0.15, 0.2) is 18.2 Å². The number of nitriles is 1. The summed E-state index contributed by atoms with van der Waals surface area (Å²) >= 11 is 0. The molecule has 84 valence electrons. The quantitative estimate of drug-likeness (QED) is 0.764. The molecule has 1 atom stereocenters. The number of halogens is 1. The van der Waals surface area contributed by atoms with Gasteiger partial charge in [0.15, 0.2) is 0 Å². The summed E-state index contributed by atoms with van der Waals surface area (Å²) in [6.07, 6.45) is 1.09. The van der Waals surface area contributed by atoms with Crippen molar-refractivity contribution in [3.8, 4) is 6.07 Å². The summed E-state index contributed by atoms with van der Waals surface area (Å²) in [5.41, 5.74) is 0.905. The van der Waals surface area contributed by atoms with Crippen molar-refractivity contribution in [2.24, 2.45) is 0 Å². The van der Waals surface area contributed by atoms with Crippen molar-refractivity contribution in [3.05, 3.63) is 29.6 Å². The Morgan fingerprint density at radius 1 is 1.56 bits per heavy atom. The zero-order valence-corrected chi connectivity index (χ0v) is 9.11. The summed E-state index contributed by atoms with van der Waals surface area (Å²) in [6, 6.07) is 6.49. The highest BCUT2D eigenvalue weighted by Gasteiger charge is 2.24. The van der Waals surface area contributed by atoms with E-state index in [9.17, 15) is 4.39 Å². The third-order valence-electron chi connectivity index (χ3n) is 2.90. The zero-order chi connectivity index (χ0) is 11.5. The van der Waals surface area contributed by atoms with Crippen LogP contribution in [0.2, 0.25) is 0 Å². The van der Waals surface area contributed by atoms with Gasteiger partial charge in [-0.1, -0.05) is 0 Å². The smallest absolute Gasteiger partial charge is 0.147 e. The van der Waals surface area contributed by atoms with Crippen LogP contribution in [0.1, 0.15) is 12.0 Å². The fourth-order valence-corrected chi connectivity index (χ4v) is 1.97. The molecule has 1 aliphatic heterocycles. The third-order valence-corrected chi connectivity index (χ3v) is 2.90. The molecule has 0 aromatic heterocycles. The summed E-state index contributed by atoms with van der Waals surface area (Å²) in [5.74, 6) is -0.337. The fraction of sp³-hybridized carbons (Fsp3) is 0.417. The van der Waals surface area contributed by atoms with Gasteiger partial charge in [-0.25, -0.2) is 4.39 Å². The topological polar surface area (TPSA) is 36.3 Å². The lowest BCUT2D eigenvalue weighted by Crippen LogP contribution is -2.23. The average Bonchev–Trinajstić information content (AvgIpc) is 2.77. The van der Waals surface area contributed by atoms with E-state index in [-0.39, 0.29) is 11.9 Å². The minimum atomic E-state index is -0.337. The van der Waals surface area contributed by atoms with Gasteiger partial charge in [-0.05, 0) is 24.6 Å². The lowest BCUT2D eigenvalue weighted by molar-refractivity contribution is 0.121. The molecule has 1 aliphatic rings. The second-order valence-corrected chi connectivity index (χ2v) is 3.87. The van der Waals surface area contributed by atoms with Gasteiger partial charge in [-0.2, -0.15) is 5.26 Å². The maximum absolute atomic E-state index is 13.7. The largest absolute Gasteiger partial charge is 0.380 e. The maximum Gasteiger partial charge on any atom is 0.147 e. The van der Waals surface area contributed by atoms with E-state index in [2.05, 4.69) is 0 Å². The van der Waals surface area contributed by atoms with E-state index in [1.54, 1.807) is 19.2 Å². The van der Waals surface area contributed by atoms with Crippen LogP contribution in [-0.4, -0.2) is 26.3 Å². The molecular formula is C12H13FN2O. The first kappa shape index (κ1) is 10.9. The molecule has 1 unspecified atom stereocenters. The third kappa shape index (κ3) is 2.00. The second kappa shape index (κ2) is 4.50. The van der Waals surface area contributed by atoms with Gasteiger partial charge in [0.1, 0.15) is 5.82 Å². The van der Waals surface area contributed by atoms with Gasteiger partial charge in [0.25, 0.3) is 0 Å². The predicted octanol–water partition coefficient (Wildman–Crippen LogP) is 1.92. The van der Waals surface area contributed by atoms with E-state index in [1.165, 1.54) is 6.07 Å². The van der Waals surface area contributed by atoms with Crippen LogP contribution in [0.4, 0.5) is 10.1 Å². The number of nitrogens with zero attached hydrogens (tertiary/aromatic N) is 2. The summed E-state index contributed by atoms with van der Waals surface area (Å²) < 4.78 is 18.9. The van der Waals surface area contributed by atoms with Gasteiger partial charge in [0.2, 0.25) is 0 Å². The van der Waals surface area contributed by atoms with Crippen molar-refractivity contribution in [2.45, 2.75) is 12.5 Å². The van der Waals surface area contributed by atoms with Crippen molar-refractivity contribution in [3.63, 3.8) is 0 Å². The van der Waals surface area contributed by atoms with Crippen LogP contribution >= 0.6 is 0 Å².